The lowest BCUT2D eigenvalue weighted by Crippen LogP contribution is -2.44. The maximum Gasteiger partial charge on any atom is 0.261 e. The summed E-state index contributed by atoms with van der Waals surface area (Å²) >= 11 is 0. The Morgan fingerprint density at radius 1 is 1.11 bits per heavy atom. The van der Waals surface area contributed by atoms with Gasteiger partial charge in [-0.3, -0.25) is 14.5 Å². The summed E-state index contributed by atoms with van der Waals surface area (Å²) in [5.41, 5.74) is 1.44. The predicted octanol–water partition coefficient (Wildman–Crippen LogP) is 2.19. The fraction of sp³-hybridized carbons (Fsp3) is 0.600. The first kappa shape index (κ1) is 10.5. The Bertz CT molecular complexity index is 503. The molecule has 1 aliphatic heterocycles. The lowest BCUT2D eigenvalue weighted by atomic mass is 9.94. The van der Waals surface area contributed by atoms with Crippen LogP contribution in [0.1, 0.15) is 38.5 Å². The first-order valence-corrected chi connectivity index (χ1v) is 7.03. The molecular weight excluding hydrogens is 226 g/mol. The fourth-order valence-corrected chi connectivity index (χ4v) is 4.28. The Morgan fingerprint density at radius 3 is 2.67 bits per heavy atom. The molecule has 0 N–H and O–H groups in total. The number of allylic oxidation sites excluding steroid dienone is 1. The average Bonchev–Trinajstić information content (AvgIpc) is 3.06. The second-order valence-corrected chi connectivity index (χ2v) is 6.06. The third-order valence-corrected chi connectivity index (χ3v) is 5.13. The highest BCUT2D eigenvalue weighted by Gasteiger charge is 2.49. The first-order chi connectivity index (χ1) is 8.75. The second-order valence-electron chi connectivity index (χ2n) is 6.06. The molecule has 0 spiro atoms. The van der Waals surface area contributed by atoms with Gasteiger partial charge in [0, 0.05) is 17.2 Å². The van der Waals surface area contributed by atoms with E-state index in [9.17, 15) is 9.59 Å². The van der Waals surface area contributed by atoms with Crippen LogP contribution in [0.15, 0.2) is 23.3 Å². The maximum atomic E-state index is 12.4. The molecule has 1 heterocycles. The topological polar surface area (TPSA) is 37.4 Å². The van der Waals surface area contributed by atoms with Gasteiger partial charge < -0.3 is 0 Å². The lowest BCUT2D eigenvalue weighted by molar-refractivity contribution is -0.141. The number of carbonyl (C=O) groups is 2. The highest BCUT2D eigenvalue weighted by Crippen LogP contribution is 2.48. The Morgan fingerprint density at radius 2 is 2.00 bits per heavy atom. The largest absolute Gasteiger partial charge is 0.271 e. The number of amides is 2. The van der Waals surface area contributed by atoms with Crippen LogP contribution in [-0.4, -0.2) is 22.8 Å². The molecule has 3 atom stereocenters. The Balaban J connectivity index is 1.66. The van der Waals surface area contributed by atoms with E-state index in [1.54, 1.807) is 4.90 Å². The van der Waals surface area contributed by atoms with Gasteiger partial charge in [0.25, 0.3) is 11.8 Å². The Hall–Kier alpha value is -1.38. The molecule has 3 unspecified atom stereocenters. The number of fused-ring (bicyclic) bond motifs is 2. The van der Waals surface area contributed by atoms with Gasteiger partial charge in [-0.1, -0.05) is 18.6 Å². The van der Waals surface area contributed by atoms with Gasteiger partial charge in [-0.25, -0.2) is 0 Å². The number of imide groups is 1. The number of nitrogens with zero attached hydrogens (tertiary/aromatic N) is 1. The number of hydrogen-bond donors (Lipinski definition) is 0. The quantitative estimate of drug-likeness (QED) is 0.662. The van der Waals surface area contributed by atoms with Crippen molar-refractivity contribution in [3.8, 4) is 0 Å². The molecule has 0 radical (unpaired) electrons. The van der Waals surface area contributed by atoms with Crippen molar-refractivity contribution in [2.75, 3.05) is 0 Å². The summed E-state index contributed by atoms with van der Waals surface area (Å²) < 4.78 is 0. The highest BCUT2D eigenvalue weighted by atomic mass is 16.2. The number of carbonyl (C=O) groups excluding carboxylic acids is 2. The van der Waals surface area contributed by atoms with Gasteiger partial charge in [0.2, 0.25) is 0 Å². The van der Waals surface area contributed by atoms with E-state index in [0.717, 1.165) is 30.8 Å². The molecule has 0 aromatic heterocycles. The van der Waals surface area contributed by atoms with Gasteiger partial charge >= 0.3 is 0 Å². The summed E-state index contributed by atoms with van der Waals surface area (Å²) in [6, 6.07) is 0.197. The van der Waals surface area contributed by atoms with Crippen molar-refractivity contribution in [2.45, 2.75) is 44.6 Å². The van der Waals surface area contributed by atoms with Crippen molar-refractivity contribution in [1.82, 2.24) is 4.90 Å². The van der Waals surface area contributed by atoms with E-state index in [-0.39, 0.29) is 17.9 Å². The third kappa shape index (κ3) is 1.25. The van der Waals surface area contributed by atoms with Gasteiger partial charge in [-0.15, -0.1) is 0 Å². The fourth-order valence-electron chi connectivity index (χ4n) is 4.28. The summed E-state index contributed by atoms with van der Waals surface area (Å²) in [7, 11) is 0. The minimum atomic E-state index is -0.0245. The van der Waals surface area contributed by atoms with Crippen molar-refractivity contribution < 1.29 is 9.59 Å². The molecule has 3 heteroatoms. The average molecular weight is 243 g/mol. The normalized spacial score (nSPS) is 38.0. The highest BCUT2D eigenvalue weighted by molar-refractivity contribution is 6.21. The molecule has 4 rings (SSSR count). The van der Waals surface area contributed by atoms with E-state index < -0.39 is 0 Å². The zero-order chi connectivity index (χ0) is 12.3. The van der Waals surface area contributed by atoms with Gasteiger partial charge in [-0.05, 0) is 43.9 Å². The van der Waals surface area contributed by atoms with Crippen molar-refractivity contribution in [3.63, 3.8) is 0 Å². The van der Waals surface area contributed by atoms with Gasteiger partial charge in [-0.2, -0.15) is 0 Å². The van der Waals surface area contributed by atoms with Crippen LogP contribution in [0.3, 0.4) is 0 Å². The van der Waals surface area contributed by atoms with Crippen molar-refractivity contribution in [3.05, 3.63) is 23.3 Å². The molecule has 18 heavy (non-hydrogen) atoms. The monoisotopic (exact) mass is 243 g/mol. The molecule has 2 saturated carbocycles. The molecule has 0 saturated heterocycles. The molecule has 0 aromatic rings. The summed E-state index contributed by atoms with van der Waals surface area (Å²) in [6.45, 7) is 0. The molecule has 3 aliphatic carbocycles. The molecule has 4 aliphatic rings. The van der Waals surface area contributed by atoms with E-state index in [2.05, 4.69) is 0 Å². The third-order valence-electron chi connectivity index (χ3n) is 5.13. The SMILES string of the molecule is O=C1C2=C(CCC=C2)C(=O)N1C1CC2CCC1C2. The van der Waals surface area contributed by atoms with E-state index in [1.165, 1.54) is 19.3 Å². The van der Waals surface area contributed by atoms with Crippen molar-refractivity contribution >= 4 is 11.8 Å². The molecule has 2 fully saturated rings. The van der Waals surface area contributed by atoms with Gasteiger partial charge in [0.1, 0.15) is 0 Å². The molecule has 0 aromatic carbocycles. The van der Waals surface area contributed by atoms with Crippen LogP contribution in [-0.2, 0) is 9.59 Å². The lowest BCUT2D eigenvalue weighted by Gasteiger charge is -2.30. The molecule has 94 valence electrons. The zero-order valence-corrected chi connectivity index (χ0v) is 10.4. The summed E-state index contributed by atoms with van der Waals surface area (Å²) in [5, 5.41) is 0. The minimum absolute atomic E-state index is 0.0110. The van der Waals surface area contributed by atoms with Crippen LogP contribution in [0, 0.1) is 11.8 Å². The first-order valence-electron chi connectivity index (χ1n) is 7.03. The molecular formula is C15H17NO2. The van der Waals surface area contributed by atoms with Gasteiger partial charge in [0.05, 0.1) is 0 Å². The standard InChI is InChI=1S/C15H17NO2/c17-14-11-3-1-2-4-12(11)15(18)16(14)13-8-9-5-6-10(13)7-9/h1,3,9-10,13H,2,4-8H2. The summed E-state index contributed by atoms with van der Waals surface area (Å²) in [5.74, 6) is 1.32. The zero-order valence-electron chi connectivity index (χ0n) is 10.4. The maximum absolute atomic E-state index is 12.4. The number of hydrogen-bond acceptors (Lipinski definition) is 2. The van der Waals surface area contributed by atoms with Gasteiger partial charge in [0.15, 0.2) is 0 Å². The van der Waals surface area contributed by atoms with Crippen molar-refractivity contribution in [1.29, 1.82) is 0 Å². The summed E-state index contributed by atoms with van der Waals surface area (Å²) in [6.07, 6.45) is 10.3. The molecule has 3 nitrogen and oxygen atoms in total. The van der Waals surface area contributed by atoms with Crippen LogP contribution in [0.25, 0.3) is 0 Å². The molecule has 2 bridgehead atoms. The van der Waals surface area contributed by atoms with Crippen LogP contribution in [0.4, 0.5) is 0 Å². The predicted molar refractivity (Wildman–Crippen MR) is 66.5 cm³/mol. The van der Waals surface area contributed by atoms with E-state index in [0.29, 0.717) is 11.5 Å². The summed E-state index contributed by atoms with van der Waals surface area (Å²) in [4.78, 5) is 26.4. The van der Waals surface area contributed by atoms with Crippen LogP contribution < -0.4 is 0 Å². The van der Waals surface area contributed by atoms with E-state index in [1.807, 2.05) is 12.2 Å². The molecule has 2 amide bonds. The van der Waals surface area contributed by atoms with Crippen molar-refractivity contribution in [2.24, 2.45) is 11.8 Å². The van der Waals surface area contributed by atoms with E-state index >= 15 is 0 Å². The van der Waals surface area contributed by atoms with E-state index in [4.69, 9.17) is 0 Å². The van der Waals surface area contributed by atoms with Crippen LogP contribution >= 0.6 is 0 Å². The van der Waals surface area contributed by atoms with Crippen LogP contribution in [0.5, 0.6) is 0 Å². The minimum Gasteiger partial charge on any atom is -0.271 e. The smallest absolute Gasteiger partial charge is 0.261 e. The number of rotatable bonds is 1. The van der Waals surface area contributed by atoms with Crippen LogP contribution in [0.2, 0.25) is 0 Å². The Kier molecular flexibility index (Phi) is 2.08. The Labute approximate surface area is 107 Å². The second kappa shape index (κ2) is 3.56.